The van der Waals surface area contributed by atoms with Crippen LogP contribution in [0.1, 0.15) is 58.7 Å². The molecule has 22 heavy (non-hydrogen) atoms. The lowest BCUT2D eigenvalue weighted by molar-refractivity contribution is -0.138. The number of nitrogens with zero attached hydrogens (tertiary/aromatic N) is 3. The number of aromatic nitrogens is 2. The van der Waals surface area contributed by atoms with Crippen LogP contribution in [0, 0.1) is 0 Å². The highest BCUT2D eigenvalue weighted by Crippen LogP contribution is 2.19. The smallest absolute Gasteiger partial charge is 0.305 e. The number of carboxylic acids is 1. The molecule has 1 aromatic heterocycles. The number of aliphatic carboxylic acids is 1. The van der Waals surface area contributed by atoms with Crippen molar-refractivity contribution in [2.24, 2.45) is 0 Å². The van der Waals surface area contributed by atoms with Crippen molar-refractivity contribution >= 4 is 11.9 Å². The summed E-state index contributed by atoms with van der Waals surface area (Å²) in [5.74, 6) is 0.253. The van der Waals surface area contributed by atoms with E-state index in [1.165, 1.54) is 0 Å². The third-order valence-electron chi connectivity index (χ3n) is 3.25. The predicted molar refractivity (Wildman–Crippen MR) is 80.4 cm³/mol. The molecule has 0 unspecified atom stereocenters. The summed E-state index contributed by atoms with van der Waals surface area (Å²) in [5.41, 5.74) is -0.159. The molecule has 0 aliphatic carbocycles. The van der Waals surface area contributed by atoms with Crippen LogP contribution in [0.2, 0.25) is 0 Å². The fourth-order valence-electron chi connectivity index (χ4n) is 1.90. The molecular weight excluding hydrogens is 286 g/mol. The van der Waals surface area contributed by atoms with Crippen LogP contribution in [0.5, 0.6) is 0 Å². The lowest BCUT2D eigenvalue weighted by Crippen LogP contribution is -2.32. The Morgan fingerprint density at radius 2 is 1.95 bits per heavy atom. The van der Waals surface area contributed by atoms with Crippen molar-refractivity contribution in [3.05, 3.63) is 11.7 Å². The molecule has 0 saturated heterocycles. The monoisotopic (exact) mass is 311 g/mol. The summed E-state index contributed by atoms with van der Waals surface area (Å²) in [6.07, 6.45) is 1.47. The Labute approximate surface area is 130 Å². The fraction of sp³-hybridized carbons (Fsp3) is 0.733. The van der Waals surface area contributed by atoms with E-state index < -0.39 is 5.97 Å². The van der Waals surface area contributed by atoms with Gasteiger partial charge in [-0.25, -0.2) is 0 Å². The van der Waals surface area contributed by atoms with Crippen molar-refractivity contribution in [2.45, 2.75) is 58.8 Å². The average molecular weight is 311 g/mol. The standard InChI is InChI=1S/C15H25N3O4/c1-5-18(10-9-13(20)21)12(19)8-6-7-11-16-14(17-22-11)15(2,3)4/h5-10H2,1-4H3,(H,20,21). The van der Waals surface area contributed by atoms with E-state index in [4.69, 9.17) is 9.63 Å². The van der Waals surface area contributed by atoms with Crippen molar-refractivity contribution in [2.75, 3.05) is 13.1 Å². The van der Waals surface area contributed by atoms with Crippen molar-refractivity contribution in [3.63, 3.8) is 0 Å². The van der Waals surface area contributed by atoms with E-state index in [0.717, 1.165) is 0 Å². The van der Waals surface area contributed by atoms with E-state index in [9.17, 15) is 9.59 Å². The summed E-state index contributed by atoms with van der Waals surface area (Å²) in [4.78, 5) is 28.4. The molecule has 0 aliphatic rings. The van der Waals surface area contributed by atoms with Gasteiger partial charge in [0.1, 0.15) is 0 Å². The first-order valence-electron chi connectivity index (χ1n) is 7.56. The number of aryl methyl sites for hydroxylation is 1. The number of rotatable bonds is 8. The Balaban J connectivity index is 2.40. The number of hydrogen-bond acceptors (Lipinski definition) is 5. The Morgan fingerprint density at radius 3 is 2.45 bits per heavy atom. The summed E-state index contributed by atoms with van der Waals surface area (Å²) in [6, 6.07) is 0. The minimum Gasteiger partial charge on any atom is -0.481 e. The first-order valence-corrected chi connectivity index (χ1v) is 7.56. The second-order valence-corrected chi connectivity index (χ2v) is 6.23. The van der Waals surface area contributed by atoms with E-state index in [2.05, 4.69) is 10.1 Å². The number of amides is 1. The predicted octanol–water partition coefficient (Wildman–Crippen LogP) is 2.01. The van der Waals surface area contributed by atoms with Crippen molar-refractivity contribution in [3.8, 4) is 0 Å². The third-order valence-corrected chi connectivity index (χ3v) is 3.25. The van der Waals surface area contributed by atoms with Crippen LogP contribution >= 0.6 is 0 Å². The molecule has 7 nitrogen and oxygen atoms in total. The van der Waals surface area contributed by atoms with E-state index in [1.54, 1.807) is 4.90 Å². The first-order chi connectivity index (χ1) is 10.2. The summed E-state index contributed by atoms with van der Waals surface area (Å²) in [5, 5.41) is 12.6. The summed E-state index contributed by atoms with van der Waals surface area (Å²) in [7, 11) is 0. The number of carbonyl (C=O) groups excluding carboxylic acids is 1. The van der Waals surface area contributed by atoms with Gasteiger partial charge in [-0.1, -0.05) is 25.9 Å². The molecule has 0 aliphatic heterocycles. The molecule has 0 saturated carbocycles. The number of carbonyl (C=O) groups is 2. The van der Waals surface area contributed by atoms with Crippen LogP contribution in [0.3, 0.4) is 0 Å². The number of carboxylic acid groups (broad SMARTS) is 1. The molecule has 1 amide bonds. The van der Waals surface area contributed by atoms with Gasteiger partial charge in [-0.05, 0) is 13.3 Å². The van der Waals surface area contributed by atoms with Gasteiger partial charge < -0.3 is 14.5 Å². The molecule has 0 aromatic carbocycles. The third kappa shape index (κ3) is 5.83. The Bertz CT molecular complexity index is 505. The van der Waals surface area contributed by atoms with Gasteiger partial charge in [0.2, 0.25) is 11.8 Å². The van der Waals surface area contributed by atoms with E-state index >= 15 is 0 Å². The normalized spacial score (nSPS) is 11.5. The Hall–Kier alpha value is -1.92. The minimum atomic E-state index is -0.896. The van der Waals surface area contributed by atoms with E-state index in [0.29, 0.717) is 37.5 Å². The minimum absolute atomic E-state index is 0.0296. The van der Waals surface area contributed by atoms with Crippen molar-refractivity contribution in [1.29, 1.82) is 0 Å². The first kappa shape index (κ1) is 18.1. The molecule has 1 heterocycles. The lowest BCUT2D eigenvalue weighted by atomic mass is 9.96. The molecule has 0 fully saturated rings. The molecule has 0 bridgehead atoms. The molecule has 7 heteroatoms. The second kappa shape index (κ2) is 7.91. The molecule has 124 valence electrons. The van der Waals surface area contributed by atoms with Crippen LogP contribution in [0.15, 0.2) is 4.52 Å². The van der Waals surface area contributed by atoms with Gasteiger partial charge in [-0.15, -0.1) is 0 Å². The SMILES string of the molecule is CCN(CCC(=O)O)C(=O)CCCc1nc(C(C)(C)C)no1. The van der Waals surface area contributed by atoms with Gasteiger partial charge in [0, 0.05) is 31.3 Å². The van der Waals surface area contributed by atoms with Crippen LogP contribution in [-0.4, -0.2) is 45.1 Å². The largest absolute Gasteiger partial charge is 0.481 e. The average Bonchev–Trinajstić information content (AvgIpc) is 2.88. The maximum Gasteiger partial charge on any atom is 0.305 e. The van der Waals surface area contributed by atoms with E-state index in [-0.39, 0.29) is 24.3 Å². The van der Waals surface area contributed by atoms with Crippen LogP contribution in [0.4, 0.5) is 0 Å². The molecule has 1 rings (SSSR count). The highest BCUT2D eigenvalue weighted by Gasteiger charge is 2.21. The number of hydrogen-bond donors (Lipinski definition) is 1. The van der Waals surface area contributed by atoms with Crippen molar-refractivity contribution in [1.82, 2.24) is 15.0 Å². The van der Waals surface area contributed by atoms with E-state index in [1.807, 2.05) is 27.7 Å². The van der Waals surface area contributed by atoms with Crippen molar-refractivity contribution < 1.29 is 19.2 Å². The molecular formula is C15H25N3O4. The van der Waals surface area contributed by atoms with Gasteiger partial charge in [0.05, 0.1) is 6.42 Å². The van der Waals surface area contributed by atoms with Crippen LogP contribution in [-0.2, 0) is 21.4 Å². The molecule has 1 N–H and O–H groups in total. The summed E-state index contributed by atoms with van der Waals surface area (Å²) in [6.45, 7) is 8.62. The molecule has 1 aromatic rings. The zero-order valence-electron chi connectivity index (χ0n) is 13.8. The van der Waals surface area contributed by atoms with Gasteiger partial charge in [0.15, 0.2) is 5.82 Å². The maximum absolute atomic E-state index is 12.0. The van der Waals surface area contributed by atoms with Gasteiger partial charge in [0.25, 0.3) is 0 Å². The maximum atomic E-state index is 12.0. The quantitative estimate of drug-likeness (QED) is 0.789. The van der Waals surface area contributed by atoms with Crippen LogP contribution in [0.25, 0.3) is 0 Å². The highest BCUT2D eigenvalue weighted by atomic mass is 16.5. The molecule has 0 spiro atoms. The summed E-state index contributed by atoms with van der Waals surface area (Å²) < 4.78 is 5.18. The molecule has 0 radical (unpaired) electrons. The second-order valence-electron chi connectivity index (χ2n) is 6.23. The zero-order chi connectivity index (χ0) is 16.8. The summed E-state index contributed by atoms with van der Waals surface area (Å²) >= 11 is 0. The topological polar surface area (TPSA) is 96.5 Å². The zero-order valence-corrected chi connectivity index (χ0v) is 13.8. The lowest BCUT2D eigenvalue weighted by Gasteiger charge is -2.19. The molecule has 0 atom stereocenters. The van der Waals surface area contributed by atoms with Gasteiger partial charge in [-0.2, -0.15) is 4.98 Å². The Morgan fingerprint density at radius 1 is 1.27 bits per heavy atom. The fourth-order valence-corrected chi connectivity index (χ4v) is 1.90. The van der Waals surface area contributed by atoms with Crippen LogP contribution < -0.4 is 0 Å². The highest BCUT2D eigenvalue weighted by molar-refractivity contribution is 5.77. The van der Waals surface area contributed by atoms with Gasteiger partial charge >= 0.3 is 5.97 Å². The Kier molecular flexibility index (Phi) is 6.52. The van der Waals surface area contributed by atoms with Gasteiger partial charge in [-0.3, -0.25) is 9.59 Å².